The number of β-amino-alcohol motifs (C(OH)–C–C–N with tert-alkyl or cyclic N) is 1. The lowest BCUT2D eigenvalue weighted by atomic mass is 10.1. The van der Waals surface area contributed by atoms with Gasteiger partial charge in [-0.1, -0.05) is 6.07 Å². The Labute approximate surface area is 101 Å². The fourth-order valence-corrected chi connectivity index (χ4v) is 3.04. The molecule has 1 saturated heterocycles. The predicted octanol–water partition coefficient (Wildman–Crippen LogP) is 1.46. The molecule has 1 fully saturated rings. The van der Waals surface area contributed by atoms with E-state index in [0.717, 1.165) is 19.5 Å². The van der Waals surface area contributed by atoms with Crippen molar-refractivity contribution in [2.24, 2.45) is 0 Å². The molecule has 1 aromatic rings. The number of thiophene rings is 1. The molecular weight excluding hydrogens is 220 g/mol. The van der Waals surface area contributed by atoms with Crippen molar-refractivity contribution >= 4 is 11.3 Å². The lowest BCUT2D eigenvalue weighted by Gasteiger charge is -2.26. The number of aliphatic hydroxyl groups is 1. The minimum Gasteiger partial charge on any atom is -0.392 e. The standard InChI is InChI=1S/C12H20N2OS/c1-9(12-4-3-5-16-12)14(2)8-10-6-11(15)7-13-10/h3-5,9-11,13,15H,6-8H2,1-2H3. The van der Waals surface area contributed by atoms with Crippen LogP contribution in [-0.2, 0) is 0 Å². The lowest BCUT2D eigenvalue weighted by molar-refractivity contribution is 0.185. The minimum atomic E-state index is -0.157. The highest BCUT2D eigenvalue weighted by Gasteiger charge is 2.24. The summed E-state index contributed by atoms with van der Waals surface area (Å²) < 4.78 is 0. The molecule has 1 aromatic heterocycles. The van der Waals surface area contributed by atoms with Crippen LogP contribution in [-0.4, -0.2) is 42.3 Å². The number of nitrogens with one attached hydrogen (secondary N) is 1. The van der Waals surface area contributed by atoms with Crippen molar-refractivity contribution in [3.8, 4) is 0 Å². The van der Waals surface area contributed by atoms with E-state index in [2.05, 4.69) is 41.7 Å². The van der Waals surface area contributed by atoms with E-state index in [1.165, 1.54) is 4.88 Å². The van der Waals surface area contributed by atoms with Crippen LogP contribution in [0.25, 0.3) is 0 Å². The van der Waals surface area contributed by atoms with Gasteiger partial charge in [-0.05, 0) is 31.8 Å². The van der Waals surface area contributed by atoms with Crippen molar-refractivity contribution in [2.75, 3.05) is 20.1 Å². The van der Waals surface area contributed by atoms with E-state index < -0.39 is 0 Å². The Balaban J connectivity index is 1.86. The molecule has 2 N–H and O–H groups in total. The molecule has 0 radical (unpaired) electrons. The van der Waals surface area contributed by atoms with Crippen molar-refractivity contribution in [2.45, 2.75) is 31.5 Å². The third-order valence-corrected chi connectivity index (χ3v) is 4.37. The summed E-state index contributed by atoms with van der Waals surface area (Å²) in [7, 11) is 2.15. The maximum absolute atomic E-state index is 9.46. The maximum atomic E-state index is 9.46. The van der Waals surface area contributed by atoms with Crippen molar-refractivity contribution < 1.29 is 5.11 Å². The van der Waals surface area contributed by atoms with Crippen LogP contribution < -0.4 is 5.32 Å². The molecule has 0 spiro atoms. The third kappa shape index (κ3) is 2.83. The topological polar surface area (TPSA) is 35.5 Å². The Kier molecular flexibility index (Phi) is 3.97. The SMILES string of the molecule is CC(c1cccs1)N(C)CC1CC(O)CN1. The zero-order chi connectivity index (χ0) is 11.5. The fraction of sp³-hybridized carbons (Fsp3) is 0.667. The van der Waals surface area contributed by atoms with Gasteiger partial charge in [0.2, 0.25) is 0 Å². The predicted molar refractivity (Wildman–Crippen MR) is 67.8 cm³/mol. The maximum Gasteiger partial charge on any atom is 0.0680 e. The Morgan fingerprint density at radius 1 is 1.69 bits per heavy atom. The minimum absolute atomic E-state index is 0.157. The summed E-state index contributed by atoms with van der Waals surface area (Å²) >= 11 is 1.81. The van der Waals surface area contributed by atoms with Gasteiger partial charge in [0.1, 0.15) is 0 Å². The summed E-state index contributed by atoms with van der Waals surface area (Å²) in [4.78, 5) is 3.75. The molecule has 0 aliphatic carbocycles. The number of likely N-dealkylation sites (N-methyl/N-ethyl adjacent to an activating group) is 1. The van der Waals surface area contributed by atoms with Crippen molar-refractivity contribution in [3.63, 3.8) is 0 Å². The van der Waals surface area contributed by atoms with Crippen LogP contribution in [0.3, 0.4) is 0 Å². The van der Waals surface area contributed by atoms with E-state index >= 15 is 0 Å². The van der Waals surface area contributed by atoms with Gasteiger partial charge in [0.15, 0.2) is 0 Å². The second-order valence-corrected chi connectivity index (χ2v) is 5.60. The van der Waals surface area contributed by atoms with Crippen LogP contribution in [0.15, 0.2) is 17.5 Å². The van der Waals surface area contributed by atoms with Crippen LogP contribution in [0.5, 0.6) is 0 Å². The Morgan fingerprint density at radius 3 is 3.06 bits per heavy atom. The van der Waals surface area contributed by atoms with Gasteiger partial charge in [-0.25, -0.2) is 0 Å². The summed E-state index contributed by atoms with van der Waals surface area (Å²) in [6.07, 6.45) is 0.719. The fourth-order valence-electron chi connectivity index (χ4n) is 2.19. The average molecular weight is 240 g/mol. The molecule has 1 aliphatic rings. The van der Waals surface area contributed by atoms with Crippen LogP contribution in [0.1, 0.15) is 24.3 Å². The van der Waals surface area contributed by atoms with Crippen molar-refractivity contribution in [1.29, 1.82) is 0 Å². The first-order chi connectivity index (χ1) is 7.66. The molecule has 2 heterocycles. The molecule has 0 amide bonds. The Morgan fingerprint density at radius 2 is 2.50 bits per heavy atom. The zero-order valence-electron chi connectivity index (χ0n) is 9.89. The molecule has 0 saturated carbocycles. The normalized spacial score (nSPS) is 27.5. The third-order valence-electron chi connectivity index (χ3n) is 3.32. The lowest BCUT2D eigenvalue weighted by Crippen LogP contribution is -2.36. The Bertz CT molecular complexity index is 315. The first-order valence-corrected chi connectivity index (χ1v) is 6.70. The molecule has 1 aliphatic heterocycles. The molecule has 3 atom stereocenters. The monoisotopic (exact) mass is 240 g/mol. The number of nitrogens with zero attached hydrogens (tertiary/aromatic N) is 1. The quantitative estimate of drug-likeness (QED) is 0.836. The van der Waals surface area contributed by atoms with Crippen LogP contribution in [0.2, 0.25) is 0 Å². The highest BCUT2D eigenvalue weighted by molar-refractivity contribution is 7.10. The van der Waals surface area contributed by atoms with E-state index in [1.807, 2.05) is 0 Å². The van der Waals surface area contributed by atoms with Gasteiger partial charge in [-0.3, -0.25) is 4.90 Å². The summed E-state index contributed by atoms with van der Waals surface area (Å²) in [5.74, 6) is 0. The second kappa shape index (κ2) is 5.27. The van der Waals surface area contributed by atoms with Gasteiger partial charge < -0.3 is 10.4 Å². The van der Waals surface area contributed by atoms with E-state index in [-0.39, 0.29) is 6.10 Å². The average Bonchev–Trinajstić information content (AvgIpc) is 2.88. The molecule has 90 valence electrons. The zero-order valence-corrected chi connectivity index (χ0v) is 10.7. The van der Waals surface area contributed by atoms with Crippen LogP contribution >= 0.6 is 11.3 Å². The van der Waals surface area contributed by atoms with Gasteiger partial charge in [-0.15, -0.1) is 11.3 Å². The smallest absolute Gasteiger partial charge is 0.0680 e. The van der Waals surface area contributed by atoms with Gasteiger partial charge >= 0.3 is 0 Å². The molecule has 0 aromatic carbocycles. The molecule has 16 heavy (non-hydrogen) atoms. The van der Waals surface area contributed by atoms with E-state index in [9.17, 15) is 5.11 Å². The molecule has 3 nitrogen and oxygen atoms in total. The highest BCUT2D eigenvalue weighted by Crippen LogP contribution is 2.24. The van der Waals surface area contributed by atoms with Crippen molar-refractivity contribution in [3.05, 3.63) is 22.4 Å². The summed E-state index contributed by atoms with van der Waals surface area (Å²) in [5, 5.41) is 14.9. The van der Waals surface area contributed by atoms with E-state index in [4.69, 9.17) is 0 Å². The van der Waals surface area contributed by atoms with Gasteiger partial charge in [-0.2, -0.15) is 0 Å². The van der Waals surface area contributed by atoms with Crippen LogP contribution in [0, 0.1) is 0 Å². The largest absolute Gasteiger partial charge is 0.392 e. The number of hydrogen-bond acceptors (Lipinski definition) is 4. The van der Waals surface area contributed by atoms with Gasteiger partial charge in [0.05, 0.1) is 6.10 Å². The molecular formula is C12H20N2OS. The second-order valence-electron chi connectivity index (χ2n) is 4.63. The van der Waals surface area contributed by atoms with Gasteiger partial charge in [0, 0.05) is 30.1 Å². The Hall–Kier alpha value is -0.420. The summed E-state index contributed by atoms with van der Waals surface area (Å²) in [6.45, 7) is 3.97. The van der Waals surface area contributed by atoms with Gasteiger partial charge in [0.25, 0.3) is 0 Å². The molecule has 3 unspecified atom stereocenters. The summed E-state index contributed by atoms with van der Waals surface area (Å²) in [6, 6.07) is 5.17. The van der Waals surface area contributed by atoms with E-state index in [1.54, 1.807) is 11.3 Å². The number of hydrogen-bond donors (Lipinski definition) is 2. The van der Waals surface area contributed by atoms with E-state index in [0.29, 0.717) is 12.1 Å². The van der Waals surface area contributed by atoms with Crippen molar-refractivity contribution in [1.82, 2.24) is 10.2 Å². The molecule has 4 heteroatoms. The molecule has 0 bridgehead atoms. The highest BCUT2D eigenvalue weighted by atomic mass is 32.1. The van der Waals surface area contributed by atoms with Crippen LogP contribution in [0.4, 0.5) is 0 Å². The number of rotatable bonds is 4. The first-order valence-electron chi connectivity index (χ1n) is 5.82. The first kappa shape index (κ1) is 12.0. The molecule has 2 rings (SSSR count). The number of aliphatic hydroxyl groups excluding tert-OH is 1. The summed E-state index contributed by atoms with van der Waals surface area (Å²) in [5.41, 5.74) is 0.